The summed E-state index contributed by atoms with van der Waals surface area (Å²) in [6.07, 6.45) is 0. The summed E-state index contributed by atoms with van der Waals surface area (Å²) in [7, 11) is 0. The molecule has 0 saturated carbocycles. The van der Waals surface area contributed by atoms with E-state index >= 15 is 0 Å². The van der Waals surface area contributed by atoms with Gasteiger partial charge < -0.3 is 0 Å². The van der Waals surface area contributed by atoms with Gasteiger partial charge in [-0.15, -0.1) is 0 Å². The van der Waals surface area contributed by atoms with Crippen molar-refractivity contribution < 1.29 is 89.4 Å². The summed E-state index contributed by atoms with van der Waals surface area (Å²) in [6.45, 7) is 0. The molecule has 0 unspecified atom stereocenters. The summed E-state index contributed by atoms with van der Waals surface area (Å²) < 4.78 is 0. The summed E-state index contributed by atoms with van der Waals surface area (Å²) in [5.41, 5.74) is 0. The molecule has 0 bridgehead atoms. The first-order chi connectivity index (χ1) is 0. The molecule has 22 valence electrons. The molecule has 0 N–H and O–H groups in total. The van der Waals surface area contributed by atoms with Gasteiger partial charge in [0.05, 0.1) is 0 Å². The Kier molecular flexibility index (Phi) is 118. The standard InChI is InChI=1S/2Mo.W.Zr. The molecule has 0 aliphatic heterocycles. The number of hydrogen-bond donors (Lipinski definition) is 0. The van der Waals surface area contributed by atoms with Crippen LogP contribution in [0.1, 0.15) is 0 Å². The van der Waals surface area contributed by atoms with Crippen molar-refractivity contribution in [1.29, 1.82) is 0 Å². The molecule has 0 aliphatic carbocycles. The maximum Gasteiger partial charge on any atom is 0 e. The van der Waals surface area contributed by atoms with Crippen LogP contribution in [0.15, 0.2) is 0 Å². The zero-order chi connectivity index (χ0) is 0. The van der Waals surface area contributed by atoms with E-state index in [0.29, 0.717) is 0 Å². The Hall–Kier alpha value is 2.95. The Morgan fingerprint density at radius 3 is 0.750 bits per heavy atom. The van der Waals surface area contributed by atoms with E-state index in [-0.39, 0.29) is 89.4 Å². The molecular formula is Mo2WZr. The molecule has 0 aromatic carbocycles. The van der Waals surface area contributed by atoms with Crippen molar-refractivity contribution in [2.45, 2.75) is 0 Å². The summed E-state index contributed by atoms with van der Waals surface area (Å²) in [5, 5.41) is 0. The monoisotopic (exact) mass is 470 g/mol. The Bertz CT molecular complexity index is 6.00. The van der Waals surface area contributed by atoms with Gasteiger partial charge in [-0.3, -0.25) is 0 Å². The molecule has 4 heteroatoms. The summed E-state index contributed by atoms with van der Waals surface area (Å²) >= 11 is 0. The fourth-order valence-electron chi connectivity index (χ4n) is 0. The molecule has 0 heterocycles. The quantitative estimate of drug-likeness (QED) is 0.441. The SMILES string of the molecule is [Mo].[Mo].[W].[Zr]. The Morgan fingerprint density at radius 1 is 0.750 bits per heavy atom. The second-order valence-electron chi connectivity index (χ2n) is 0. The number of hydrogen-bond acceptors (Lipinski definition) is 0. The minimum absolute atomic E-state index is 0. The minimum Gasteiger partial charge on any atom is 0 e. The van der Waals surface area contributed by atoms with Gasteiger partial charge in [-0.1, -0.05) is 0 Å². The van der Waals surface area contributed by atoms with Crippen LogP contribution in [0.2, 0.25) is 0 Å². The van der Waals surface area contributed by atoms with Gasteiger partial charge in [0.1, 0.15) is 0 Å². The largest absolute Gasteiger partial charge is 0 e. The van der Waals surface area contributed by atoms with E-state index in [4.69, 9.17) is 0 Å². The van der Waals surface area contributed by atoms with Gasteiger partial charge in [-0.2, -0.15) is 0 Å². The van der Waals surface area contributed by atoms with E-state index in [1.807, 2.05) is 0 Å². The summed E-state index contributed by atoms with van der Waals surface area (Å²) in [5.74, 6) is 0. The van der Waals surface area contributed by atoms with Crippen LogP contribution in [0.3, 0.4) is 0 Å². The summed E-state index contributed by atoms with van der Waals surface area (Å²) in [4.78, 5) is 0. The van der Waals surface area contributed by atoms with Gasteiger partial charge in [-0.05, 0) is 0 Å². The van der Waals surface area contributed by atoms with Crippen LogP contribution < -0.4 is 0 Å². The van der Waals surface area contributed by atoms with Crippen molar-refractivity contribution in [3.63, 3.8) is 0 Å². The van der Waals surface area contributed by atoms with Crippen LogP contribution >= 0.6 is 0 Å². The molecule has 0 spiro atoms. The number of rotatable bonds is 0. The fraction of sp³-hybridized carbons (Fsp3) is 0. The Morgan fingerprint density at radius 2 is 0.750 bits per heavy atom. The predicted octanol–water partition coefficient (Wildman–Crippen LogP) is -0.0100. The molecule has 0 aromatic rings. The maximum atomic E-state index is 0. The van der Waals surface area contributed by atoms with E-state index in [1.54, 1.807) is 0 Å². The van der Waals surface area contributed by atoms with E-state index in [9.17, 15) is 0 Å². The fourth-order valence-corrected chi connectivity index (χ4v) is 0. The molecule has 0 fully saturated rings. The zero-order valence-corrected chi connectivity index (χ0v) is 11.1. The molecule has 0 aliphatic rings. The van der Waals surface area contributed by atoms with Crippen LogP contribution in [0.4, 0.5) is 0 Å². The molecular weight excluding hydrogens is 467 g/mol. The molecule has 0 nitrogen and oxygen atoms in total. The van der Waals surface area contributed by atoms with Crippen molar-refractivity contribution in [2.24, 2.45) is 0 Å². The average Bonchev–Trinajstić information content (AvgIpc) is 0. The van der Waals surface area contributed by atoms with Gasteiger partial charge >= 0.3 is 0 Å². The van der Waals surface area contributed by atoms with Gasteiger partial charge in [0.15, 0.2) is 0 Å². The zero-order valence-electron chi connectivity index (χ0n) is 1.72. The van der Waals surface area contributed by atoms with E-state index < -0.39 is 0 Å². The maximum absolute atomic E-state index is 0. The third-order valence-corrected chi connectivity index (χ3v) is 0. The van der Waals surface area contributed by atoms with Gasteiger partial charge in [-0.25, -0.2) is 0 Å². The van der Waals surface area contributed by atoms with E-state index in [0.717, 1.165) is 0 Å². The molecule has 0 saturated heterocycles. The Labute approximate surface area is 87.8 Å². The first-order valence-electron chi connectivity index (χ1n) is 0. The van der Waals surface area contributed by atoms with Gasteiger partial charge in [0.2, 0.25) is 0 Å². The average molecular weight is 467 g/mol. The molecule has 0 amide bonds. The Balaban J connectivity index is 0. The second-order valence-corrected chi connectivity index (χ2v) is 0. The second kappa shape index (κ2) is 16.8. The van der Waals surface area contributed by atoms with Crippen molar-refractivity contribution >= 4 is 0 Å². The molecule has 0 radical (unpaired) electrons. The minimum atomic E-state index is 0. The van der Waals surface area contributed by atoms with Gasteiger partial charge in [0.25, 0.3) is 0 Å². The van der Waals surface area contributed by atoms with E-state index in [2.05, 4.69) is 0 Å². The third-order valence-electron chi connectivity index (χ3n) is 0. The van der Waals surface area contributed by atoms with Crippen molar-refractivity contribution in [2.75, 3.05) is 0 Å². The van der Waals surface area contributed by atoms with Crippen molar-refractivity contribution in [3.8, 4) is 0 Å². The predicted molar refractivity (Wildman–Crippen MR) is 0 cm³/mol. The first-order valence-corrected chi connectivity index (χ1v) is 0. The molecule has 0 rings (SSSR count). The molecule has 0 aromatic heterocycles. The van der Waals surface area contributed by atoms with Crippen LogP contribution in [0.25, 0.3) is 0 Å². The normalized spacial score (nSPS) is 0. The molecule has 0 atom stereocenters. The topological polar surface area (TPSA) is 0 Å². The van der Waals surface area contributed by atoms with Crippen LogP contribution in [0, 0.1) is 0 Å². The van der Waals surface area contributed by atoms with Crippen LogP contribution in [-0.4, -0.2) is 0 Å². The van der Waals surface area contributed by atoms with Crippen molar-refractivity contribution in [3.05, 3.63) is 0 Å². The van der Waals surface area contributed by atoms with E-state index in [1.165, 1.54) is 0 Å². The van der Waals surface area contributed by atoms with Crippen molar-refractivity contribution in [1.82, 2.24) is 0 Å². The third kappa shape index (κ3) is 8.87. The molecule has 4 heavy (non-hydrogen) atoms. The summed E-state index contributed by atoms with van der Waals surface area (Å²) in [6, 6.07) is 0. The van der Waals surface area contributed by atoms with Crippen LogP contribution in [-0.2, 0) is 89.4 Å². The first kappa shape index (κ1) is 28.3. The van der Waals surface area contributed by atoms with Crippen LogP contribution in [0.5, 0.6) is 0 Å². The van der Waals surface area contributed by atoms with Gasteiger partial charge in [0, 0.05) is 89.4 Å². The smallest absolute Gasteiger partial charge is 0 e.